The van der Waals surface area contributed by atoms with E-state index in [4.69, 9.17) is 4.52 Å². The van der Waals surface area contributed by atoms with Crippen molar-refractivity contribution in [3.05, 3.63) is 71.4 Å². The summed E-state index contributed by atoms with van der Waals surface area (Å²) in [4.78, 5) is 21.1. The zero-order valence-electron chi connectivity index (χ0n) is 17.3. The predicted octanol–water partition coefficient (Wildman–Crippen LogP) is 4.34. The van der Waals surface area contributed by atoms with Crippen LogP contribution in [0.25, 0.3) is 11.4 Å². The molecule has 0 bridgehead atoms. The molecule has 0 aliphatic carbocycles. The number of hydrogen-bond donors (Lipinski definition) is 2. The van der Waals surface area contributed by atoms with Gasteiger partial charge in [0.05, 0.1) is 5.75 Å². The van der Waals surface area contributed by atoms with Crippen LogP contribution in [0.3, 0.4) is 0 Å². The normalized spacial score (nSPS) is 10.9. The lowest BCUT2D eigenvalue weighted by Gasteiger charge is -2.10. The first-order valence-electron chi connectivity index (χ1n) is 9.86. The van der Waals surface area contributed by atoms with Crippen molar-refractivity contribution in [2.75, 3.05) is 5.32 Å². The molecule has 2 N–H and O–H groups in total. The molecule has 0 spiro atoms. The van der Waals surface area contributed by atoms with Crippen LogP contribution in [0.4, 0.5) is 5.69 Å². The lowest BCUT2D eigenvalue weighted by molar-refractivity contribution is -0.116. The van der Waals surface area contributed by atoms with Gasteiger partial charge in [-0.1, -0.05) is 65.4 Å². The van der Waals surface area contributed by atoms with Gasteiger partial charge in [-0.3, -0.25) is 9.89 Å². The number of carbonyl (C=O) groups excluding carboxylic acids is 1. The van der Waals surface area contributed by atoms with E-state index in [-0.39, 0.29) is 12.3 Å². The number of nitrogens with zero attached hydrogens (tertiary/aromatic N) is 4. The predicted molar refractivity (Wildman–Crippen MR) is 119 cm³/mol. The van der Waals surface area contributed by atoms with E-state index in [1.807, 2.05) is 62.4 Å². The van der Waals surface area contributed by atoms with Gasteiger partial charge in [0.25, 0.3) is 0 Å². The highest BCUT2D eigenvalue weighted by molar-refractivity contribution is 7.98. The minimum Gasteiger partial charge on any atom is -0.339 e. The lowest BCUT2D eigenvalue weighted by atomic mass is 10.1. The van der Waals surface area contributed by atoms with Crippen LogP contribution in [0.5, 0.6) is 0 Å². The van der Waals surface area contributed by atoms with Gasteiger partial charge < -0.3 is 9.84 Å². The van der Waals surface area contributed by atoms with E-state index in [2.05, 4.69) is 30.6 Å². The maximum Gasteiger partial charge on any atom is 0.227 e. The summed E-state index contributed by atoms with van der Waals surface area (Å²) < 4.78 is 5.27. The molecular formula is C22H22N6O2S. The number of anilines is 1. The number of aryl methyl sites for hydroxylation is 3. The zero-order chi connectivity index (χ0) is 21.6. The molecule has 0 atom stereocenters. The van der Waals surface area contributed by atoms with Crippen molar-refractivity contribution in [2.24, 2.45) is 0 Å². The summed E-state index contributed by atoms with van der Waals surface area (Å²) in [5, 5.41) is 14.7. The highest BCUT2D eigenvalue weighted by Crippen LogP contribution is 2.22. The average Bonchev–Trinajstić information content (AvgIpc) is 3.44. The molecule has 2 aromatic heterocycles. The van der Waals surface area contributed by atoms with E-state index in [0.29, 0.717) is 34.9 Å². The fourth-order valence-electron chi connectivity index (χ4n) is 3.05. The van der Waals surface area contributed by atoms with Gasteiger partial charge in [0, 0.05) is 24.1 Å². The maximum absolute atomic E-state index is 12.3. The smallest absolute Gasteiger partial charge is 0.227 e. The lowest BCUT2D eigenvalue weighted by Crippen LogP contribution is -2.14. The molecular weight excluding hydrogens is 412 g/mol. The number of rotatable bonds is 8. The number of hydrogen-bond acceptors (Lipinski definition) is 7. The molecule has 4 aromatic rings. The molecule has 0 aliphatic rings. The Morgan fingerprint density at radius 1 is 1.06 bits per heavy atom. The Balaban J connectivity index is 1.27. The zero-order valence-corrected chi connectivity index (χ0v) is 18.1. The van der Waals surface area contributed by atoms with Gasteiger partial charge in [-0.2, -0.15) is 4.98 Å². The summed E-state index contributed by atoms with van der Waals surface area (Å²) in [5.74, 6) is 2.09. The topological polar surface area (TPSA) is 110 Å². The summed E-state index contributed by atoms with van der Waals surface area (Å²) >= 11 is 1.41. The summed E-state index contributed by atoms with van der Waals surface area (Å²) in [5.41, 5.74) is 3.90. The second kappa shape index (κ2) is 9.57. The van der Waals surface area contributed by atoms with Crippen LogP contribution in [0.15, 0.2) is 58.2 Å². The van der Waals surface area contributed by atoms with Crippen LogP contribution in [0, 0.1) is 13.8 Å². The molecule has 0 fully saturated rings. The molecule has 31 heavy (non-hydrogen) atoms. The molecule has 0 saturated carbocycles. The summed E-state index contributed by atoms with van der Waals surface area (Å²) in [6.45, 7) is 3.95. The van der Waals surface area contributed by atoms with Crippen molar-refractivity contribution < 1.29 is 9.32 Å². The molecule has 9 heteroatoms. The van der Waals surface area contributed by atoms with Crippen molar-refractivity contribution in [1.29, 1.82) is 0 Å². The summed E-state index contributed by atoms with van der Waals surface area (Å²) in [6.07, 6.45) is 0.650. The molecule has 1 amide bonds. The average molecular weight is 435 g/mol. The van der Waals surface area contributed by atoms with Crippen molar-refractivity contribution in [3.8, 4) is 11.4 Å². The Kier molecular flexibility index (Phi) is 6.42. The highest BCUT2D eigenvalue weighted by Gasteiger charge is 2.13. The Morgan fingerprint density at radius 2 is 1.84 bits per heavy atom. The Morgan fingerprint density at radius 3 is 2.61 bits per heavy atom. The van der Waals surface area contributed by atoms with Crippen molar-refractivity contribution >= 4 is 23.4 Å². The second-order valence-electron chi connectivity index (χ2n) is 7.04. The van der Waals surface area contributed by atoms with E-state index in [9.17, 15) is 4.79 Å². The third-order valence-corrected chi connectivity index (χ3v) is 5.51. The van der Waals surface area contributed by atoms with Crippen LogP contribution in [-0.2, 0) is 17.0 Å². The summed E-state index contributed by atoms with van der Waals surface area (Å²) in [6, 6.07) is 15.7. The number of thioether (sulfide) groups is 1. The maximum atomic E-state index is 12.3. The van der Waals surface area contributed by atoms with E-state index in [0.717, 1.165) is 22.4 Å². The van der Waals surface area contributed by atoms with Gasteiger partial charge in [-0.05, 0) is 25.0 Å². The van der Waals surface area contributed by atoms with E-state index < -0.39 is 0 Å². The molecule has 8 nitrogen and oxygen atoms in total. The van der Waals surface area contributed by atoms with Crippen molar-refractivity contribution in [2.45, 2.75) is 37.6 Å². The fourth-order valence-corrected chi connectivity index (χ4v) is 3.69. The second-order valence-corrected chi connectivity index (χ2v) is 7.98. The molecule has 158 valence electrons. The van der Waals surface area contributed by atoms with Gasteiger partial charge in [0.1, 0.15) is 0 Å². The number of aromatic amines is 1. The van der Waals surface area contributed by atoms with Crippen molar-refractivity contribution in [1.82, 2.24) is 25.3 Å². The Bertz CT molecular complexity index is 1150. The first-order valence-corrected chi connectivity index (χ1v) is 10.8. The van der Waals surface area contributed by atoms with Gasteiger partial charge in [-0.25, -0.2) is 4.98 Å². The number of benzene rings is 2. The third-order valence-electron chi connectivity index (χ3n) is 4.66. The fraction of sp³-hybridized carbons (Fsp3) is 0.227. The minimum atomic E-state index is -0.0827. The number of H-pyrrole nitrogens is 1. The molecule has 0 radical (unpaired) electrons. The van der Waals surface area contributed by atoms with Gasteiger partial charge in [-0.15, -0.1) is 5.10 Å². The number of amides is 1. The Labute approximate surface area is 183 Å². The molecule has 4 rings (SSSR count). The van der Waals surface area contributed by atoms with Gasteiger partial charge in [0.15, 0.2) is 11.6 Å². The summed E-state index contributed by atoms with van der Waals surface area (Å²) in [7, 11) is 0. The van der Waals surface area contributed by atoms with Crippen LogP contribution < -0.4 is 5.32 Å². The third kappa shape index (κ3) is 5.37. The van der Waals surface area contributed by atoms with Crippen LogP contribution in [0.1, 0.15) is 29.3 Å². The number of carbonyl (C=O) groups is 1. The number of aromatic nitrogens is 5. The highest BCUT2D eigenvalue weighted by atomic mass is 32.2. The van der Waals surface area contributed by atoms with E-state index in [1.54, 1.807) is 0 Å². The standard InChI is InChI=1S/C22H22N6O2S/c1-14-7-6-8-15(2)20(14)24-18(29)11-12-19-23-17(28-30-19)13-31-22-25-21(26-27-22)16-9-4-3-5-10-16/h3-10H,11-13H2,1-2H3,(H,24,29)(H,25,26,27). The molecule has 2 aromatic carbocycles. The quantitative estimate of drug-likeness (QED) is 0.397. The largest absolute Gasteiger partial charge is 0.339 e. The van der Waals surface area contributed by atoms with E-state index in [1.165, 1.54) is 11.8 Å². The van der Waals surface area contributed by atoms with Crippen LogP contribution >= 0.6 is 11.8 Å². The molecule has 0 unspecified atom stereocenters. The molecule has 0 saturated heterocycles. The van der Waals surface area contributed by atoms with E-state index >= 15 is 0 Å². The first-order chi connectivity index (χ1) is 15.1. The van der Waals surface area contributed by atoms with Crippen LogP contribution in [0.2, 0.25) is 0 Å². The Hall–Kier alpha value is -3.46. The molecule has 0 aliphatic heterocycles. The molecule has 2 heterocycles. The van der Waals surface area contributed by atoms with Gasteiger partial charge in [0.2, 0.25) is 17.0 Å². The van der Waals surface area contributed by atoms with Crippen LogP contribution in [-0.4, -0.2) is 31.2 Å². The number of nitrogens with one attached hydrogen (secondary N) is 2. The SMILES string of the molecule is Cc1cccc(C)c1NC(=O)CCc1nc(CSc2n[nH]c(-c3ccccc3)n2)no1. The van der Waals surface area contributed by atoms with Gasteiger partial charge >= 0.3 is 0 Å². The monoisotopic (exact) mass is 434 g/mol. The first kappa shape index (κ1) is 20.8. The number of para-hydroxylation sites is 1. The minimum absolute atomic E-state index is 0.0827. The van der Waals surface area contributed by atoms with Crippen molar-refractivity contribution in [3.63, 3.8) is 0 Å².